The summed E-state index contributed by atoms with van der Waals surface area (Å²) in [5, 5.41) is 0. The minimum Gasteiger partial charge on any atom is -0.329 e. The molecule has 1 atom stereocenters. The summed E-state index contributed by atoms with van der Waals surface area (Å²) in [6.45, 7) is 0. The third kappa shape index (κ3) is 3.06. The predicted octanol–water partition coefficient (Wildman–Crippen LogP) is 2.06. The average Bonchev–Trinajstić information content (AvgIpc) is 2.90. The van der Waals surface area contributed by atoms with Gasteiger partial charge in [0.2, 0.25) is 0 Å². The van der Waals surface area contributed by atoms with Gasteiger partial charge in [-0.1, -0.05) is 42.5 Å². The molecule has 0 saturated heterocycles. The van der Waals surface area contributed by atoms with E-state index in [2.05, 4.69) is 9.71 Å². The Morgan fingerprint density at radius 2 is 1.67 bits per heavy atom. The number of hydrogen-bond acceptors (Lipinski definition) is 3. The Labute approximate surface area is 141 Å². The number of aryl methyl sites for hydroxylation is 1. The first-order valence-corrected chi connectivity index (χ1v) is 9.00. The van der Waals surface area contributed by atoms with E-state index in [1.54, 1.807) is 0 Å². The van der Waals surface area contributed by atoms with Crippen molar-refractivity contribution in [3.8, 4) is 0 Å². The predicted molar refractivity (Wildman–Crippen MR) is 94.7 cm³/mol. The van der Waals surface area contributed by atoms with E-state index in [4.69, 9.17) is 0 Å². The van der Waals surface area contributed by atoms with Gasteiger partial charge in [-0.15, -0.1) is 0 Å². The lowest BCUT2D eigenvalue weighted by atomic mass is 10.1. The topological polar surface area (TPSA) is 67.2 Å². The van der Waals surface area contributed by atoms with Crippen LogP contribution in [0.25, 0.3) is 11.0 Å². The highest BCUT2D eigenvalue weighted by Crippen LogP contribution is 2.25. The van der Waals surface area contributed by atoms with E-state index in [9.17, 15) is 8.42 Å². The third-order valence-electron chi connectivity index (χ3n) is 3.96. The number of benzene rings is 2. The molecule has 7 heteroatoms. The molecule has 2 aromatic carbocycles. The highest BCUT2D eigenvalue weighted by Gasteiger charge is 2.26. The number of fused-ring (bicyclic) bond motifs is 1. The molecule has 1 heterocycles. The van der Waals surface area contributed by atoms with Gasteiger partial charge in [0.05, 0.1) is 11.0 Å². The molecule has 1 unspecified atom stereocenters. The summed E-state index contributed by atoms with van der Waals surface area (Å²) in [6.07, 6.45) is 0. The number of imidazole rings is 1. The van der Waals surface area contributed by atoms with E-state index in [1.807, 2.05) is 66.2 Å². The van der Waals surface area contributed by atoms with Crippen LogP contribution >= 0.6 is 0 Å². The van der Waals surface area contributed by atoms with Crippen LogP contribution in [-0.4, -0.2) is 36.4 Å². The lowest BCUT2D eigenvalue weighted by Crippen LogP contribution is -2.39. The quantitative estimate of drug-likeness (QED) is 0.770. The standard InChI is InChI=1S/C17H20N4O2S/c1-20(2)24(22,23)19-16(13-9-5-4-6-10-13)17-18-14-11-7-8-12-15(14)21(17)3/h4-12,16,19H,1-3H3. The van der Waals surface area contributed by atoms with Crippen LogP contribution < -0.4 is 4.72 Å². The zero-order valence-corrected chi connectivity index (χ0v) is 14.7. The lowest BCUT2D eigenvalue weighted by Gasteiger charge is -2.21. The molecule has 0 aliphatic rings. The van der Waals surface area contributed by atoms with Crippen LogP contribution in [0.5, 0.6) is 0 Å². The largest absolute Gasteiger partial charge is 0.329 e. The molecule has 0 saturated carbocycles. The fraction of sp³-hybridized carbons (Fsp3) is 0.235. The molecule has 0 aliphatic carbocycles. The van der Waals surface area contributed by atoms with E-state index in [-0.39, 0.29) is 0 Å². The first-order valence-electron chi connectivity index (χ1n) is 7.56. The van der Waals surface area contributed by atoms with Crippen molar-refractivity contribution < 1.29 is 8.42 Å². The third-order valence-corrected chi connectivity index (χ3v) is 5.46. The molecular weight excluding hydrogens is 324 g/mol. The zero-order valence-electron chi connectivity index (χ0n) is 13.8. The van der Waals surface area contributed by atoms with Crippen LogP contribution in [0.15, 0.2) is 54.6 Å². The van der Waals surface area contributed by atoms with Crippen LogP contribution in [0.2, 0.25) is 0 Å². The Kier molecular flexibility index (Phi) is 4.40. The van der Waals surface area contributed by atoms with Gasteiger partial charge in [-0.2, -0.15) is 17.4 Å². The van der Waals surface area contributed by atoms with Crippen molar-refractivity contribution >= 4 is 21.2 Å². The van der Waals surface area contributed by atoms with Gasteiger partial charge in [-0.3, -0.25) is 0 Å². The maximum absolute atomic E-state index is 12.4. The number of nitrogens with one attached hydrogen (secondary N) is 1. The van der Waals surface area contributed by atoms with Crippen LogP contribution in [0.3, 0.4) is 0 Å². The highest BCUT2D eigenvalue weighted by molar-refractivity contribution is 7.87. The number of rotatable bonds is 5. The molecule has 1 aromatic heterocycles. The van der Waals surface area contributed by atoms with Crippen molar-refractivity contribution in [3.63, 3.8) is 0 Å². The van der Waals surface area contributed by atoms with Gasteiger partial charge < -0.3 is 4.57 Å². The number of aromatic nitrogens is 2. The Hall–Kier alpha value is -2.22. The smallest absolute Gasteiger partial charge is 0.279 e. The van der Waals surface area contributed by atoms with Gasteiger partial charge in [0, 0.05) is 21.1 Å². The minimum atomic E-state index is -3.62. The molecule has 0 aliphatic heterocycles. The number of nitrogens with zero attached hydrogens (tertiary/aromatic N) is 3. The summed E-state index contributed by atoms with van der Waals surface area (Å²) in [5.74, 6) is 0.646. The van der Waals surface area contributed by atoms with E-state index in [1.165, 1.54) is 14.1 Å². The normalized spacial score (nSPS) is 13.5. The summed E-state index contributed by atoms with van der Waals surface area (Å²) in [5.41, 5.74) is 2.62. The molecule has 0 spiro atoms. The van der Waals surface area contributed by atoms with Crippen LogP contribution in [0, 0.1) is 0 Å². The number of para-hydroxylation sites is 2. The molecule has 24 heavy (non-hydrogen) atoms. The average molecular weight is 344 g/mol. The fourth-order valence-corrected chi connectivity index (χ4v) is 3.34. The summed E-state index contributed by atoms with van der Waals surface area (Å²) in [4.78, 5) is 4.65. The maximum atomic E-state index is 12.4. The summed E-state index contributed by atoms with van der Waals surface area (Å²) in [6, 6.07) is 16.6. The fourth-order valence-electron chi connectivity index (χ4n) is 2.59. The van der Waals surface area contributed by atoms with Crippen molar-refractivity contribution in [2.45, 2.75) is 6.04 Å². The van der Waals surface area contributed by atoms with Gasteiger partial charge in [0.1, 0.15) is 11.9 Å². The van der Waals surface area contributed by atoms with E-state index < -0.39 is 16.3 Å². The summed E-state index contributed by atoms with van der Waals surface area (Å²) < 4.78 is 30.6. The van der Waals surface area contributed by atoms with Gasteiger partial charge in [0.25, 0.3) is 10.2 Å². The van der Waals surface area contributed by atoms with Crippen LogP contribution in [-0.2, 0) is 17.3 Å². The van der Waals surface area contributed by atoms with Crippen molar-refractivity contribution in [2.24, 2.45) is 7.05 Å². The second kappa shape index (κ2) is 6.35. The molecule has 1 N–H and O–H groups in total. The van der Waals surface area contributed by atoms with Crippen molar-refractivity contribution in [2.75, 3.05) is 14.1 Å². The lowest BCUT2D eigenvalue weighted by molar-refractivity contribution is 0.493. The van der Waals surface area contributed by atoms with Gasteiger partial charge in [-0.05, 0) is 17.7 Å². The first kappa shape index (κ1) is 16.6. The van der Waals surface area contributed by atoms with Gasteiger partial charge in [-0.25, -0.2) is 4.98 Å². The van der Waals surface area contributed by atoms with Gasteiger partial charge >= 0.3 is 0 Å². The molecule has 6 nitrogen and oxygen atoms in total. The van der Waals surface area contributed by atoms with Gasteiger partial charge in [0.15, 0.2) is 0 Å². The second-order valence-corrected chi connectivity index (χ2v) is 7.68. The van der Waals surface area contributed by atoms with Crippen LogP contribution in [0.4, 0.5) is 0 Å². The summed E-state index contributed by atoms with van der Waals surface area (Å²) >= 11 is 0. The Balaban J connectivity index is 2.15. The Morgan fingerprint density at radius 1 is 1.04 bits per heavy atom. The van der Waals surface area contributed by atoms with Crippen LogP contribution in [0.1, 0.15) is 17.4 Å². The van der Waals surface area contributed by atoms with Crippen molar-refractivity contribution in [1.29, 1.82) is 0 Å². The molecule has 126 valence electrons. The Morgan fingerprint density at radius 3 is 2.29 bits per heavy atom. The second-order valence-electron chi connectivity index (χ2n) is 5.77. The SMILES string of the molecule is CN(C)S(=O)(=O)NC(c1ccccc1)c1nc2ccccc2n1C. The van der Waals surface area contributed by atoms with E-state index in [0.29, 0.717) is 5.82 Å². The Bertz CT molecular complexity index is 949. The first-order chi connectivity index (χ1) is 11.4. The highest BCUT2D eigenvalue weighted by atomic mass is 32.2. The number of hydrogen-bond donors (Lipinski definition) is 1. The molecule has 0 amide bonds. The molecule has 0 radical (unpaired) electrons. The maximum Gasteiger partial charge on any atom is 0.279 e. The zero-order chi connectivity index (χ0) is 17.3. The monoisotopic (exact) mass is 344 g/mol. The molecule has 0 bridgehead atoms. The molecule has 0 fully saturated rings. The minimum absolute atomic E-state index is 0.573. The van der Waals surface area contributed by atoms with Crippen molar-refractivity contribution in [3.05, 3.63) is 66.0 Å². The van der Waals surface area contributed by atoms with E-state index >= 15 is 0 Å². The molecule has 3 aromatic rings. The summed E-state index contributed by atoms with van der Waals surface area (Å²) in [7, 11) is 1.27. The van der Waals surface area contributed by atoms with E-state index in [0.717, 1.165) is 20.9 Å². The molecule has 3 rings (SSSR count). The van der Waals surface area contributed by atoms with Crippen molar-refractivity contribution in [1.82, 2.24) is 18.6 Å². The molecular formula is C17H20N4O2S.